The number of rotatable bonds is 0. The molecule has 68 valence electrons. The van der Waals surface area contributed by atoms with E-state index in [2.05, 4.69) is 0 Å². The normalized spacial score (nSPS) is 17.2. The molecule has 0 unspecified atom stereocenters. The van der Waals surface area contributed by atoms with E-state index in [1.54, 1.807) is 0 Å². The van der Waals surface area contributed by atoms with Crippen LogP contribution in [0.2, 0.25) is 0 Å². The van der Waals surface area contributed by atoms with E-state index in [4.69, 9.17) is 10.5 Å². The number of nitrogens with zero attached hydrogens (tertiary/aromatic N) is 3. The Kier molecular flexibility index (Phi) is 3.34. The third-order valence-electron chi connectivity index (χ3n) is 2.38. The van der Waals surface area contributed by atoms with Crippen LogP contribution in [0.25, 0.3) is 0 Å². The van der Waals surface area contributed by atoms with Crippen molar-refractivity contribution in [1.29, 1.82) is 10.5 Å². The van der Waals surface area contributed by atoms with Gasteiger partial charge in [-0.1, -0.05) is 6.42 Å². The summed E-state index contributed by atoms with van der Waals surface area (Å²) in [6.07, 6.45) is 4.31. The molecule has 0 bridgehead atoms. The van der Waals surface area contributed by atoms with E-state index in [0.717, 1.165) is 31.5 Å². The third kappa shape index (κ3) is 2.23. The Bertz CT molecular complexity index is 274. The van der Waals surface area contributed by atoms with Crippen molar-refractivity contribution in [2.75, 3.05) is 13.6 Å². The van der Waals surface area contributed by atoms with Gasteiger partial charge in [0, 0.05) is 19.3 Å². The number of hydrogen-bond acceptors (Lipinski definition) is 3. The summed E-state index contributed by atoms with van der Waals surface area (Å²) >= 11 is 0. The van der Waals surface area contributed by atoms with Crippen molar-refractivity contribution in [3.05, 3.63) is 11.3 Å². The van der Waals surface area contributed by atoms with Crippen LogP contribution in [0.4, 0.5) is 0 Å². The average molecular weight is 175 g/mol. The molecule has 3 heteroatoms. The maximum absolute atomic E-state index is 8.73. The summed E-state index contributed by atoms with van der Waals surface area (Å²) < 4.78 is 0. The SMILES string of the molecule is CN1CCCCCC1=C(C#N)C#N. The highest BCUT2D eigenvalue weighted by Gasteiger charge is 2.13. The van der Waals surface area contributed by atoms with Crippen LogP contribution in [0.1, 0.15) is 25.7 Å². The lowest BCUT2D eigenvalue weighted by molar-refractivity contribution is 0.416. The van der Waals surface area contributed by atoms with Gasteiger partial charge in [-0.25, -0.2) is 0 Å². The Morgan fingerprint density at radius 3 is 2.54 bits per heavy atom. The lowest BCUT2D eigenvalue weighted by Gasteiger charge is -2.19. The monoisotopic (exact) mass is 175 g/mol. The number of likely N-dealkylation sites (tertiary alicyclic amines) is 1. The first kappa shape index (κ1) is 9.61. The largest absolute Gasteiger partial charge is 0.376 e. The van der Waals surface area contributed by atoms with Gasteiger partial charge < -0.3 is 4.90 Å². The standard InChI is InChI=1S/C10H13N3/c1-13-6-4-2-3-5-10(13)9(7-11)8-12/h2-6H2,1H3. The second-order valence-corrected chi connectivity index (χ2v) is 3.28. The maximum Gasteiger partial charge on any atom is 0.148 e. The van der Waals surface area contributed by atoms with Gasteiger partial charge in [0.1, 0.15) is 17.7 Å². The maximum atomic E-state index is 8.73. The molecule has 1 aliphatic rings. The van der Waals surface area contributed by atoms with E-state index in [-0.39, 0.29) is 5.57 Å². The minimum absolute atomic E-state index is 0.282. The zero-order chi connectivity index (χ0) is 9.68. The Morgan fingerprint density at radius 2 is 1.92 bits per heavy atom. The van der Waals surface area contributed by atoms with Gasteiger partial charge in [0.2, 0.25) is 0 Å². The minimum atomic E-state index is 0.282. The van der Waals surface area contributed by atoms with Gasteiger partial charge in [0.05, 0.1) is 0 Å². The van der Waals surface area contributed by atoms with Crippen LogP contribution < -0.4 is 0 Å². The number of allylic oxidation sites excluding steroid dienone is 2. The molecule has 1 saturated heterocycles. The van der Waals surface area contributed by atoms with E-state index in [9.17, 15) is 0 Å². The summed E-state index contributed by atoms with van der Waals surface area (Å²) in [5.41, 5.74) is 1.20. The van der Waals surface area contributed by atoms with Gasteiger partial charge in [-0.3, -0.25) is 0 Å². The van der Waals surface area contributed by atoms with Gasteiger partial charge in [0.25, 0.3) is 0 Å². The molecule has 1 rings (SSSR count). The molecule has 0 saturated carbocycles. The van der Waals surface area contributed by atoms with E-state index in [0.29, 0.717) is 0 Å². The third-order valence-corrected chi connectivity index (χ3v) is 2.38. The highest BCUT2D eigenvalue weighted by molar-refractivity contribution is 5.39. The molecule has 0 N–H and O–H groups in total. The van der Waals surface area contributed by atoms with Crippen molar-refractivity contribution in [3.8, 4) is 12.1 Å². The summed E-state index contributed by atoms with van der Waals surface area (Å²) in [6, 6.07) is 3.91. The Labute approximate surface area is 78.9 Å². The molecule has 1 fully saturated rings. The molecule has 3 nitrogen and oxygen atoms in total. The molecular formula is C10H13N3. The zero-order valence-electron chi connectivity index (χ0n) is 7.88. The molecule has 13 heavy (non-hydrogen) atoms. The Hall–Kier alpha value is -1.48. The fraction of sp³-hybridized carbons (Fsp3) is 0.600. The van der Waals surface area contributed by atoms with Gasteiger partial charge in [-0.15, -0.1) is 0 Å². The van der Waals surface area contributed by atoms with Crippen molar-refractivity contribution in [2.24, 2.45) is 0 Å². The summed E-state index contributed by atoms with van der Waals surface area (Å²) in [5.74, 6) is 0. The molecule has 0 radical (unpaired) electrons. The highest BCUT2D eigenvalue weighted by Crippen LogP contribution is 2.20. The molecule has 0 aromatic heterocycles. The molecule has 1 aliphatic heterocycles. The number of nitriles is 2. The van der Waals surface area contributed by atoms with Crippen LogP contribution in [0.5, 0.6) is 0 Å². The summed E-state index contributed by atoms with van der Waals surface area (Å²) in [6.45, 7) is 0.961. The van der Waals surface area contributed by atoms with E-state index < -0.39 is 0 Å². The summed E-state index contributed by atoms with van der Waals surface area (Å²) in [4.78, 5) is 2.04. The van der Waals surface area contributed by atoms with Crippen molar-refractivity contribution >= 4 is 0 Å². The topological polar surface area (TPSA) is 50.8 Å². The second kappa shape index (κ2) is 4.52. The fourth-order valence-electron chi connectivity index (χ4n) is 1.61. The van der Waals surface area contributed by atoms with Crippen LogP contribution in [0.15, 0.2) is 11.3 Å². The molecule has 0 atom stereocenters. The molecule has 0 aromatic rings. The molecule has 0 aromatic carbocycles. The van der Waals surface area contributed by atoms with Crippen LogP contribution in [0, 0.1) is 22.7 Å². The summed E-state index contributed by atoms with van der Waals surface area (Å²) in [5, 5.41) is 17.5. The molecule has 1 heterocycles. The Morgan fingerprint density at radius 1 is 1.23 bits per heavy atom. The molecular weight excluding hydrogens is 162 g/mol. The minimum Gasteiger partial charge on any atom is -0.376 e. The van der Waals surface area contributed by atoms with E-state index in [1.807, 2.05) is 24.1 Å². The quantitative estimate of drug-likeness (QED) is 0.527. The lowest BCUT2D eigenvalue weighted by Crippen LogP contribution is -2.18. The average Bonchev–Trinajstić information content (AvgIpc) is 2.34. The van der Waals surface area contributed by atoms with Crippen LogP contribution in [-0.4, -0.2) is 18.5 Å². The highest BCUT2D eigenvalue weighted by atomic mass is 15.1. The van der Waals surface area contributed by atoms with Crippen LogP contribution in [0.3, 0.4) is 0 Å². The zero-order valence-corrected chi connectivity index (χ0v) is 7.88. The van der Waals surface area contributed by atoms with Gasteiger partial charge in [-0.2, -0.15) is 10.5 Å². The van der Waals surface area contributed by atoms with Gasteiger partial charge >= 0.3 is 0 Å². The predicted molar refractivity (Wildman–Crippen MR) is 49.4 cm³/mol. The van der Waals surface area contributed by atoms with E-state index >= 15 is 0 Å². The second-order valence-electron chi connectivity index (χ2n) is 3.28. The first-order valence-corrected chi connectivity index (χ1v) is 4.54. The van der Waals surface area contributed by atoms with Gasteiger partial charge in [0.15, 0.2) is 0 Å². The van der Waals surface area contributed by atoms with Crippen molar-refractivity contribution < 1.29 is 0 Å². The smallest absolute Gasteiger partial charge is 0.148 e. The van der Waals surface area contributed by atoms with Crippen molar-refractivity contribution in [2.45, 2.75) is 25.7 Å². The fourth-order valence-corrected chi connectivity index (χ4v) is 1.61. The van der Waals surface area contributed by atoms with Crippen molar-refractivity contribution in [3.63, 3.8) is 0 Å². The van der Waals surface area contributed by atoms with Crippen LogP contribution in [-0.2, 0) is 0 Å². The van der Waals surface area contributed by atoms with Crippen LogP contribution >= 0.6 is 0 Å². The molecule has 0 amide bonds. The van der Waals surface area contributed by atoms with E-state index in [1.165, 1.54) is 6.42 Å². The lowest BCUT2D eigenvalue weighted by atomic mass is 10.1. The first-order chi connectivity index (χ1) is 6.29. The first-order valence-electron chi connectivity index (χ1n) is 4.54. The van der Waals surface area contributed by atoms with Gasteiger partial charge in [-0.05, 0) is 19.3 Å². The number of hydrogen-bond donors (Lipinski definition) is 0. The Balaban J connectivity index is 2.93. The molecule has 0 aliphatic carbocycles. The molecule has 0 spiro atoms. The van der Waals surface area contributed by atoms with Crippen molar-refractivity contribution in [1.82, 2.24) is 4.90 Å². The predicted octanol–water partition coefficient (Wildman–Crippen LogP) is 1.79. The summed E-state index contributed by atoms with van der Waals surface area (Å²) in [7, 11) is 1.95.